The van der Waals surface area contributed by atoms with Crippen molar-refractivity contribution in [1.82, 2.24) is 14.7 Å². The van der Waals surface area contributed by atoms with Gasteiger partial charge in [0.1, 0.15) is 39.3 Å². The van der Waals surface area contributed by atoms with Gasteiger partial charge in [-0.3, -0.25) is 28.8 Å². The molecule has 0 radical (unpaired) electrons. The molecule has 1 saturated heterocycles. The Labute approximate surface area is 437 Å². The zero-order valence-electron chi connectivity index (χ0n) is 42.2. The third-order valence-electron chi connectivity index (χ3n) is 15.0. The molecule has 15 nitrogen and oxygen atoms in total. The van der Waals surface area contributed by atoms with Gasteiger partial charge in [0.2, 0.25) is 35.4 Å². The predicted molar refractivity (Wildman–Crippen MR) is 292 cm³/mol. The van der Waals surface area contributed by atoms with Crippen LogP contribution in [0.2, 0.25) is 0 Å². The number of anilines is 3. The quantitative estimate of drug-likeness (QED) is 0.145. The first kappa shape index (κ1) is 50.5. The SMILES string of the molecule is NCCCN1CC(=O)N(c2ccc3c(c2)Cc2ccccc2-3)CC(=O)N(CCCN)CC(=O)N(c2ccc3c(c2)Cc2ccccc2-3)CC(=O)N(CCCN)CC(=O)N(c2ccc3c(c2)-c2ccccc2C3)CC1=O. The summed E-state index contributed by atoms with van der Waals surface area (Å²) in [5, 5.41) is 0. The van der Waals surface area contributed by atoms with Crippen molar-refractivity contribution in [2.45, 2.75) is 38.5 Å². The molecule has 10 rings (SSSR count). The molecular formula is C60H63N9O6. The lowest BCUT2D eigenvalue weighted by atomic mass is 10.0. The minimum absolute atomic E-state index is 0.0881. The van der Waals surface area contributed by atoms with Gasteiger partial charge in [-0.25, -0.2) is 0 Å². The molecule has 6 N–H and O–H groups in total. The van der Waals surface area contributed by atoms with Crippen LogP contribution in [0.25, 0.3) is 33.4 Å². The van der Waals surface area contributed by atoms with Crippen LogP contribution in [-0.4, -0.2) is 129 Å². The number of nitrogens with two attached hydrogens (primary N) is 3. The molecule has 1 heterocycles. The summed E-state index contributed by atoms with van der Waals surface area (Å²) in [6.45, 7) is -1.81. The van der Waals surface area contributed by atoms with Crippen LogP contribution in [-0.2, 0) is 48.0 Å². The maximum atomic E-state index is 15.1. The topological polar surface area (TPSA) is 200 Å². The summed E-state index contributed by atoms with van der Waals surface area (Å²) in [5.41, 5.74) is 32.1. The van der Waals surface area contributed by atoms with Crippen LogP contribution in [0.3, 0.4) is 0 Å². The average molecular weight is 1010 g/mol. The highest BCUT2D eigenvalue weighted by molar-refractivity contribution is 6.07. The Kier molecular flexibility index (Phi) is 15.0. The van der Waals surface area contributed by atoms with Gasteiger partial charge in [0.05, 0.1) is 0 Å². The Balaban J connectivity index is 1.07. The van der Waals surface area contributed by atoms with Gasteiger partial charge in [0.15, 0.2) is 0 Å². The fourth-order valence-electron chi connectivity index (χ4n) is 11.0. The molecule has 6 amide bonds. The van der Waals surface area contributed by atoms with Crippen molar-refractivity contribution in [2.24, 2.45) is 17.2 Å². The summed E-state index contributed by atoms with van der Waals surface area (Å²) >= 11 is 0. The van der Waals surface area contributed by atoms with Gasteiger partial charge in [0, 0.05) is 36.7 Å². The molecule has 4 aliphatic rings. The summed E-state index contributed by atoms with van der Waals surface area (Å²) < 4.78 is 0. The first-order valence-electron chi connectivity index (χ1n) is 26.0. The number of fused-ring (bicyclic) bond motifs is 9. The monoisotopic (exact) mass is 1010 g/mol. The van der Waals surface area contributed by atoms with E-state index >= 15 is 14.4 Å². The molecule has 384 valence electrons. The third-order valence-corrected chi connectivity index (χ3v) is 15.0. The van der Waals surface area contributed by atoms with Gasteiger partial charge in [-0.2, -0.15) is 0 Å². The highest BCUT2D eigenvalue weighted by Gasteiger charge is 2.34. The van der Waals surface area contributed by atoms with Crippen molar-refractivity contribution in [2.75, 3.05) is 93.2 Å². The zero-order valence-corrected chi connectivity index (χ0v) is 42.2. The minimum Gasteiger partial charge on any atom is -0.332 e. The molecule has 6 aromatic carbocycles. The van der Waals surface area contributed by atoms with E-state index in [2.05, 4.69) is 30.3 Å². The lowest BCUT2D eigenvalue weighted by Gasteiger charge is -2.34. The number of hydrogen-bond donors (Lipinski definition) is 3. The second-order valence-electron chi connectivity index (χ2n) is 19.8. The van der Waals surface area contributed by atoms with Gasteiger partial charge >= 0.3 is 0 Å². The predicted octanol–water partition coefficient (Wildman–Crippen LogP) is 5.35. The number of nitrogens with zero attached hydrogens (tertiary/aromatic N) is 6. The molecule has 3 aliphatic carbocycles. The summed E-state index contributed by atoms with van der Waals surface area (Å²) in [6, 6.07) is 41.3. The number of rotatable bonds is 12. The molecule has 15 heteroatoms. The van der Waals surface area contributed by atoms with Crippen molar-refractivity contribution < 1.29 is 28.8 Å². The zero-order chi connectivity index (χ0) is 52.2. The van der Waals surface area contributed by atoms with Crippen LogP contribution < -0.4 is 31.9 Å². The standard InChI is InChI=1S/C60H63N9O6/c61-22-7-25-64-34-58(73)68(47-19-21-53-45(32-47)30-42-12-2-5-14-50(42)53)38-56(71)66(27-9-24-63)36-60(75)69(48-17-16-43-28-40-10-3-6-15-51(40)54(43)33-48)39-57(72)65(26-8-23-62)35-59(74)67(37-55(64)70)46-18-20-52-44(31-46)29-41-11-1-4-13-49(41)52/h1-6,10-21,31-33H,7-9,22-30,34-39,61-63H2. The van der Waals surface area contributed by atoms with Crippen LogP contribution in [0.1, 0.15) is 52.6 Å². The Bertz CT molecular complexity index is 3110. The van der Waals surface area contributed by atoms with Crippen LogP contribution in [0.4, 0.5) is 17.1 Å². The minimum atomic E-state index is -0.543. The fraction of sp³-hybridized carbons (Fsp3) is 0.300. The Morgan fingerprint density at radius 3 is 1.00 bits per heavy atom. The Morgan fingerprint density at radius 2 is 0.613 bits per heavy atom. The Hall–Kier alpha value is -7.98. The molecule has 0 saturated carbocycles. The number of benzene rings is 6. The number of hydrogen-bond acceptors (Lipinski definition) is 9. The Morgan fingerprint density at radius 1 is 0.307 bits per heavy atom. The van der Waals surface area contributed by atoms with E-state index in [1.165, 1.54) is 29.4 Å². The van der Waals surface area contributed by atoms with Crippen LogP contribution in [0.5, 0.6) is 0 Å². The van der Waals surface area contributed by atoms with E-state index in [4.69, 9.17) is 17.2 Å². The molecule has 0 atom stereocenters. The lowest BCUT2D eigenvalue weighted by Crippen LogP contribution is -2.54. The maximum absolute atomic E-state index is 15.1. The molecule has 0 aromatic heterocycles. The highest BCUT2D eigenvalue weighted by Crippen LogP contribution is 2.41. The normalized spacial score (nSPS) is 16.2. The summed E-state index contributed by atoms with van der Waals surface area (Å²) in [5.74, 6) is -3.19. The number of carbonyl (C=O) groups is 6. The van der Waals surface area contributed by atoms with E-state index in [0.717, 1.165) is 66.8 Å². The summed E-state index contributed by atoms with van der Waals surface area (Å²) in [7, 11) is 0. The van der Waals surface area contributed by atoms with Crippen molar-refractivity contribution in [3.8, 4) is 33.4 Å². The second kappa shape index (κ2) is 22.2. The average Bonchev–Trinajstić information content (AvgIpc) is 4.13. The smallest absolute Gasteiger partial charge is 0.247 e. The van der Waals surface area contributed by atoms with Crippen molar-refractivity contribution >= 4 is 52.5 Å². The fourth-order valence-corrected chi connectivity index (χ4v) is 11.0. The van der Waals surface area contributed by atoms with Crippen molar-refractivity contribution in [3.05, 3.63) is 161 Å². The van der Waals surface area contributed by atoms with Gasteiger partial charge in [-0.15, -0.1) is 0 Å². The van der Waals surface area contributed by atoms with Gasteiger partial charge in [0.25, 0.3) is 0 Å². The van der Waals surface area contributed by atoms with Crippen molar-refractivity contribution in [1.29, 1.82) is 0 Å². The first-order chi connectivity index (χ1) is 36.5. The molecule has 75 heavy (non-hydrogen) atoms. The van der Waals surface area contributed by atoms with E-state index in [0.29, 0.717) is 55.6 Å². The van der Waals surface area contributed by atoms with E-state index in [-0.39, 0.29) is 39.3 Å². The largest absolute Gasteiger partial charge is 0.332 e. The molecule has 1 fully saturated rings. The van der Waals surface area contributed by atoms with Crippen LogP contribution in [0.15, 0.2) is 127 Å². The molecule has 0 bridgehead atoms. The van der Waals surface area contributed by atoms with Gasteiger partial charge < -0.3 is 46.6 Å². The highest BCUT2D eigenvalue weighted by atomic mass is 16.2. The van der Waals surface area contributed by atoms with Gasteiger partial charge in [-0.1, -0.05) is 91.0 Å². The van der Waals surface area contributed by atoms with Gasteiger partial charge in [-0.05, 0) is 161 Å². The summed E-state index contributed by atoms with van der Waals surface area (Å²) in [4.78, 5) is 98.6. The van der Waals surface area contributed by atoms with Crippen molar-refractivity contribution in [3.63, 3.8) is 0 Å². The maximum Gasteiger partial charge on any atom is 0.247 e. The molecule has 0 unspecified atom stereocenters. The second-order valence-corrected chi connectivity index (χ2v) is 19.8. The van der Waals surface area contributed by atoms with E-state index < -0.39 is 74.7 Å². The molecule has 0 spiro atoms. The van der Waals surface area contributed by atoms with E-state index in [1.807, 2.05) is 97.1 Å². The number of carbonyl (C=O) groups excluding carboxylic acids is 6. The van der Waals surface area contributed by atoms with Crippen LogP contribution >= 0.6 is 0 Å². The van der Waals surface area contributed by atoms with Crippen LogP contribution in [0, 0.1) is 0 Å². The van der Waals surface area contributed by atoms with E-state index in [9.17, 15) is 14.4 Å². The molecular weight excluding hydrogens is 943 g/mol. The first-order valence-corrected chi connectivity index (χ1v) is 26.0. The third kappa shape index (κ3) is 10.6. The lowest BCUT2D eigenvalue weighted by molar-refractivity contribution is -0.138. The number of amides is 6. The molecule has 6 aromatic rings. The molecule has 1 aliphatic heterocycles. The van der Waals surface area contributed by atoms with E-state index in [1.54, 1.807) is 0 Å². The summed E-state index contributed by atoms with van der Waals surface area (Å²) in [6.07, 6.45) is 3.01.